The molecule has 10 heteroatoms. The highest BCUT2D eigenvalue weighted by atomic mass is 35.5. The largest absolute Gasteiger partial charge is 0.481 e. The number of aromatic nitrogens is 1. The van der Waals surface area contributed by atoms with Gasteiger partial charge < -0.3 is 19.9 Å². The van der Waals surface area contributed by atoms with Crippen molar-refractivity contribution in [2.45, 2.75) is 32.2 Å². The highest BCUT2D eigenvalue weighted by Gasteiger charge is 2.36. The average molecular weight is 491 g/mol. The Morgan fingerprint density at radius 1 is 1.24 bits per heavy atom. The van der Waals surface area contributed by atoms with Crippen LogP contribution in [0.2, 0.25) is 5.02 Å². The number of carbonyl (C=O) groups is 2. The molecular weight excluding hydrogens is 467 g/mol. The van der Waals surface area contributed by atoms with Crippen molar-refractivity contribution >= 4 is 23.5 Å². The molecule has 0 fully saturated rings. The van der Waals surface area contributed by atoms with E-state index in [2.05, 4.69) is 14.7 Å². The molecule has 2 atom stereocenters. The summed E-state index contributed by atoms with van der Waals surface area (Å²) in [6.45, 7) is 1.16. The summed E-state index contributed by atoms with van der Waals surface area (Å²) in [5.74, 6) is -2.95. The number of carbonyl (C=O) groups excluding carboxylic acids is 1. The lowest BCUT2D eigenvalue weighted by Crippen LogP contribution is -2.43. The van der Waals surface area contributed by atoms with Crippen LogP contribution in [0.5, 0.6) is 0 Å². The molecule has 0 aliphatic carbocycles. The number of aliphatic hydroxyl groups is 1. The summed E-state index contributed by atoms with van der Waals surface area (Å²) in [7, 11) is 0. The van der Waals surface area contributed by atoms with E-state index in [0.717, 1.165) is 11.8 Å². The number of carboxylic acid groups (broad SMARTS) is 1. The molecule has 0 radical (unpaired) electrons. The lowest BCUT2D eigenvalue weighted by atomic mass is 9.79. The predicted octanol–water partition coefficient (Wildman–Crippen LogP) is 3.63. The molecule has 1 amide bonds. The van der Waals surface area contributed by atoms with Gasteiger partial charge in [0, 0.05) is 23.2 Å². The normalized spacial score (nSPS) is 13.8. The third-order valence-corrected chi connectivity index (χ3v) is 5.89. The number of aliphatic carboxylic acids is 1. The summed E-state index contributed by atoms with van der Waals surface area (Å²) in [6, 6.07) is 10.5. The van der Waals surface area contributed by atoms with Crippen LogP contribution in [0.4, 0.5) is 4.39 Å². The number of benzene rings is 2. The van der Waals surface area contributed by atoms with Crippen LogP contribution in [0.15, 0.2) is 57.9 Å². The van der Waals surface area contributed by atoms with Gasteiger partial charge in [0.2, 0.25) is 0 Å². The van der Waals surface area contributed by atoms with E-state index >= 15 is 0 Å². The number of halogens is 2. The van der Waals surface area contributed by atoms with Crippen molar-refractivity contribution in [1.82, 2.24) is 10.3 Å². The van der Waals surface area contributed by atoms with E-state index < -0.39 is 34.9 Å². The molecule has 180 valence electrons. The van der Waals surface area contributed by atoms with Crippen LogP contribution in [-0.4, -0.2) is 39.7 Å². The summed E-state index contributed by atoms with van der Waals surface area (Å²) >= 11 is 5.98. The molecule has 0 spiro atoms. The summed E-state index contributed by atoms with van der Waals surface area (Å²) in [6.07, 6.45) is 1.24. The molecular formula is C24H24ClFN2O6. The van der Waals surface area contributed by atoms with E-state index in [4.69, 9.17) is 11.6 Å². The Kier molecular flexibility index (Phi) is 7.90. The Hall–Kier alpha value is -3.43. The van der Waals surface area contributed by atoms with Crippen LogP contribution >= 0.6 is 11.6 Å². The van der Waals surface area contributed by atoms with Gasteiger partial charge in [-0.3, -0.25) is 14.6 Å². The molecule has 3 aromatic rings. The summed E-state index contributed by atoms with van der Waals surface area (Å²) in [4.78, 5) is 38.0. The van der Waals surface area contributed by atoms with Crippen molar-refractivity contribution in [3.8, 4) is 11.1 Å². The monoisotopic (exact) mass is 490 g/mol. The number of oxazole rings is 1. The second kappa shape index (κ2) is 10.7. The molecule has 0 saturated heterocycles. The Morgan fingerprint density at radius 2 is 1.94 bits per heavy atom. The molecule has 3 rings (SSSR count). The van der Waals surface area contributed by atoms with Gasteiger partial charge in [0.15, 0.2) is 0 Å². The van der Waals surface area contributed by atoms with Crippen LogP contribution in [0.3, 0.4) is 0 Å². The van der Waals surface area contributed by atoms with Gasteiger partial charge in [-0.25, -0.2) is 9.18 Å². The number of amides is 1. The van der Waals surface area contributed by atoms with Crippen molar-refractivity contribution in [2.24, 2.45) is 5.41 Å². The Bertz CT molecular complexity index is 1220. The Morgan fingerprint density at radius 3 is 2.53 bits per heavy atom. The highest BCUT2D eigenvalue weighted by molar-refractivity contribution is 6.30. The molecule has 4 N–H and O–H groups in total. The number of carboxylic acids is 1. The molecule has 0 saturated carbocycles. The summed E-state index contributed by atoms with van der Waals surface area (Å²) in [5, 5.41) is 22.2. The van der Waals surface area contributed by atoms with E-state index in [9.17, 15) is 29.0 Å². The fraction of sp³-hybridized carbons (Fsp3) is 0.292. The molecule has 34 heavy (non-hydrogen) atoms. The van der Waals surface area contributed by atoms with Gasteiger partial charge in [-0.2, -0.15) is 0 Å². The van der Waals surface area contributed by atoms with E-state index in [0.29, 0.717) is 16.1 Å². The summed E-state index contributed by atoms with van der Waals surface area (Å²) in [5.41, 5.74) is 0.306. The van der Waals surface area contributed by atoms with Crippen molar-refractivity contribution in [2.75, 3.05) is 6.61 Å². The first-order valence-electron chi connectivity index (χ1n) is 10.5. The van der Waals surface area contributed by atoms with Crippen molar-refractivity contribution < 1.29 is 28.6 Å². The van der Waals surface area contributed by atoms with E-state index in [-0.39, 0.29) is 31.6 Å². The van der Waals surface area contributed by atoms with Crippen LogP contribution in [0.1, 0.15) is 35.8 Å². The molecule has 0 aliphatic heterocycles. The Labute approximate surface area is 199 Å². The minimum absolute atomic E-state index is 0.00969. The lowest BCUT2D eigenvalue weighted by molar-refractivity contribution is -0.149. The molecule has 0 aliphatic rings. The van der Waals surface area contributed by atoms with Crippen LogP contribution in [0, 0.1) is 11.2 Å². The number of hydrogen-bond acceptors (Lipinski definition) is 5. The number of aromatic amines is 1. The zero-order valence-corrected chi connectivity index (χ0v) is 19.1. The first-order chi connectivity index (χ1) is 16.1. The van der Waals surface area contributed by atoms with Crippen LogP contribution in [0.25, 0.3) is 11.1 Å². The number of nitrogens with one attached hydrogen (secondary N) is 2. The SMILES string of the molecule is CC(CCO)(C[C@@H](Cc1ccc(-c2cc(Cl)ccc2F)cc1)NC(=O)c1coc(=O)[nH]1)C(=O)O. The van der Waals surface area contributed by atoms with Gasteiger partial charge >= 0.3 is 11.7 Å². The van der Waals surface area contributed by atoms with Gasteiger partial charge in [0.1, 0.15) is 17.8 Å². The highest BCUT2D eigenvalue weighted by Crippen LogP contribution is 2.30. The van der Waals surface area contributed by atoms with Crippen molar-refractivity contribution in [3.05, 3.63) is 81.4 Å². The van der Waals surface area contributed by atoms with E-state index in [1.165, 1.54) is 25.1 Å². The topological polar surface area (TPSA) is 133 Å². The fourth-order valence-corrected chi connectivity index (χ4v) is 3.91. The maximum atomic E-state index is 14.2. The molecule has 1 aromatic heterocycles. The van der Waals surface area contributed by atoms with Crippen molar-refractivity contribution in [1.29, 1.82) is 0 Å². The molecule has 2 aromatic carbocycles. The number of H-pyrrole nitrogens is 1. The third kappa shape index (κ3) is 6.12. The maximum absolute atomic E-state index is 14.2. The number of hydrogen-bond donors (Lipinski definition) is 4. The molecule has 1 heterocycles. The summed E-state index contributed by atoms with van der Waals surface area (Å²) < 4.78 is 18.8. The van der Waals surface area contributed by atoms with Crippen LogP contribution < -0.4 is 11.1 Å². The molecule has 8 nitrogen and oxygen atoms in total. The van der Waals surface area contributed by atoms with Gasteiger partial charge in [-0.05, 0) is 55.5 Å². The zero-order chi connectivity index (χ0) is 24.9. The number of rotatable bonds is 10. The lowest BCUT2D eigenvalue weighted by Gasteiger charge is -2.29. The van der Waals surface area contributed by atoms with Gasteiger partial charge in [0.05, 0.1) is 5.41 Å². The Balaban J connectivity index is 1.85. The van der Waals surface area contributed by atoms with Gasteiger partial charge in [-0.1, -0.05) is 35.9 Å². The quantitative estimate of drug-likeness (QED) is 0.343. The average Bonchev–Trinajstić information content (AvgIpc) is 3.22. The fourth-order valence-electron chi connectivity index (χ4n) is 3.74. The standard InChI is InChI=1S/C24H24ClFN2O6/c1-24(8-9-29,22(31)32)12-17(27-21(30)20-13-34-23(33)28-20)10-14-2-4-15(5-3-14)18-11-16(25)6-7-19(18)26/h2-7,11,13,17,29H,8-10,12H2,1H3,(H,27,30)(H,28,33)(H,31,32)/t17-,24?/m1/s1. The number of aliphatic hydroxyl groups excluding tert-OH is 1. The molecule has 0 bridgehead atoms. The van der Waals surface area contributed by atoms with Crippen LogP contribution in [-0.2, 0) is 11.2 Å². The minimum Gasteiger partial charge on any atom is -0.481 e. The van der Waals surface area contributed by atoms with Crippen molar-refractivity contribution in [3.63, 3.8) is 0 Å². The predicted molar refractivity (Wildman–Crippen MR) is 123 cm³/mol. The second-order valence-electron chi connectivity index (χ2n) is 8.30. The maximum Gasteiger partial charge on any atom is 0.416 e. The van der Waals surface area contributed by atoms with Gasteiger partial charge in [-0.15, -0.1) is 0 Å². The third-order valence-electron chi connectivity index (χ3n) is 5.65. The smallest absolute Gasteiger partial charge is 0.416 e. The first kappa shape index (κ1) is 25.2. The zero-order valence-electron chi connectivity index (χ0n) is 18.3. The second-order valence-corrected chi connectivity index (χ2v) is 8.74. The first-order valence-corrected chi connectivity index (χ1v) is 10.9. The van der Waals surface area contributed by atoms with E-state index in [1.807, 2.05) is 0 Å². The minimum atomic E-state index is -1.31. The molecule has 1 unspecified atom stereocenters. The van der Waals surface area contributed by atoms with Gasteiger partial charge in [0.25, 0.3) is 5.91 Å². The van der Waals surface area contributed by atoms with E-state index in [1.54, 1.807) is 24.3 Å².